The zero-order chi connectivity index (χ0) is 28.1. The average molecular weight is 576 g/mol. The highest BCUT2D eigenvalue weighted by Crippen LogP contribution is 2.37. The number of benzene rings is 4. The molecule has 4 aromatic carbocycles. The molecular formula is C30H26ClN3O5S. The fourth-order valence-electron chi connectivity index (χ4n) is 4.36. The van der Waals surface area contributed by atoms with Gasteiger partial charge in [-0.25, -0.2) is 8.42 Å². The van der Waals surface area contributed by atoms with Gasteiger partial charge in [-0.1, -0.05) is 66.2 Å². The van der Waals surface area contributed by atoms with Crippen LogP contribution in [-0.4, -0.2) is 39.4 Å². The van der Waals surface area contributed by atoms with Crippen LogP contribution < -0.4 is 19.7 Å². The van der Waals surface area contributed by atoms with Gasteiger partial charge in [0.1, 0.15) is 5.75 Å². The Hall–Kier alpha value is -4.34. The highest BCUT2D eigenvalue weighted by Gasteiger charge is 2.37. The van der Waals surface area contributed by atoms with Gasteiger partial charge in [-0.15, -0.1) is 0 Å². The number of sulfonamides is 1. The van der Waals surface area contributed by atoms with Gasteiger partial charge in [0.15, 0.2) is 6.10 Å². The number of halogens is 1. The normalized spacial score (nSPS) is 14.5. The second-order valence-electron chi connectivity index (χ2n) is 9.09. The minimum absolute atomic E-state index is 0.0327. The number of anilines is 2. The van der Waals surface area contributed by atoms with Crippen LogP contribution in [0, 0.1) is 0 Å². The molecule has 0 unspecified atom stereocenters. The molecule has 0 fully saturated rings. The van der Waals surface area contributed by atoms with Crippen molar-refractivity contribution >= 4 is 44.8 Å². The van der Waals surface area contributed by atoms with Gasteiger partial charge in [-0.2, -0.15) is 0 Å². The molecule has 0 saturated carbocycles. The third-order valence-electron chi connectivity index (χ3n) is 6.40. The van der Waals surface area contributed by atoms with Crippen LogP contribution in [0.15, 0.2) is 108 Å². The Morgan fingerprint density at radius 1 is 0.875 bits per heavy atom. The van der Waals surface area contributed by atoms with Crippen molar-refractivity contribution in [1.82, 2.24) is 5.32 Å². The number of ether oxygens (including phenoxy) is 1. The molecule has 2 amide bonds. The first-order valence-electron chi connectivity index (χ1n) is 12.6. The van der Waals surface area contributed by atoms with Gasteiger partial charge in [0.05, 0.1) is 28.4 Å². The summed E-state index contributed by atoms with van der Waals surface area (Å²) in [7, 11) is -4.04. The van der Waals surface area contributed by atoms with Crippen LogP contribution >= 0.6 is 11.6 Å². The van der Waals surface area contributed by atoms with Gasteiger partial charge in [-0.3, -0.25) is 13.9 Å². The predicted molar refractivity (Wildman–Crippen MR) is 154 cm³/mol. The highest BCUT2D eigenvalue weighted by molar-refractivity contribution is 7.92. The molecule has 5 rings (SSSR count). The Morgan fingerprint density at radius 2 is 1.55 bits per heavy atom. The maximum absolute atomic E-state index is 13.6. The molecule has 0 spiro atoms. The van der Waals surface area contributed by atoms with Crippen molar-refractivity contribution in [2.45, 2.75) is 17.4 Å². The van der Waals surface area contributed by atoms with E-state index in [1.54, 1.807) is 48.5 Å². The molecule has 204 valence electrons. The van der Waals surface area contributed by atoms with E-state index < -0.39 is 22.0 Å². The van der Waals surface area contributed by atoms with Crippen molar-refractivity contribution in [2.75, 3.05) is 22.7 Å². The Kier molecular flexibility index (Phi) is 8.04. The van der Waals surface area contributed by atoms with E-state index in [0.29, 0.717) is 29.4 Å². The van der Waals surface area contributed by atoms with Crippen LogP contribution in [-0.2, 0) is 21.2 Å². The standard InChI is InChI=1S/C30H26ClN3O5S/c31-22-14-16-23(17-15-22)40(37,38)34-20-28(39-27-13-7-6-12-26(27)34)30(36)33-25-11-5-4-10-24(25)29(35)32-19-18-21-8-2-1-3-9-21/h1-17,28H,18-20H2,(H,32,35)(H,33,36)/t28-/m0/s1. The smallest absolute Gasteiger partial charge is 0.267 e. The third kappa shape index (κ3) is 5.95. The first kappa shape index (κ1) is 27.2. The Morgan fingerprint density at radius 3 is 2.33 bits per heavy atom. The molecule has 0 bridgehead atoms. The first-order valence-corrected chi connectivity index (χ1v) is 14.4. The molecular weight excluding hydrogens is 550 g/mol. The summed E-state index contributed by atoms with van der Waals surface area (Å²) in [6.45, 7) is 0.157. The molecule has 0 radical (unpaired) electrons. The maximum Gasteiger partial charge on any atom is 0.267 e. The molecule has 1 heterocycles. The summed E-state index contributed by atoms with van der Waals surface area (Å²) in [6, 6.07) is 28.8. The van der Waals surface area contributed by atoms with Crippen LogP contribution in [0.2, 0.25) is 5.02 Å². The quantitative estimate of drug-likeness (QED) is 0.311. The van der Waals surface area contributed by atoms with Gasteiger partial charge in [0, 0.05) is 11.6 Å². The summed E-state index contributed by atoms with van der Waals surface area (Å²) >= 11 is 5.95. The third-order valence-corrected chi connectivity index (χ3v) is 8.45. The highest BCUT2D eigenvalue weighted by atomic mass is 35.5. The van der Waals surface area contributed by atoms with Gasteiger partial charge in [-0.05, 0) is 60.5 Å². The van der Waals surface area contributed by atoms with E-state index in [-0.39, 0.29) is 28.7 Å². The average Bonchev–Trinajstić information content (AvgIpc) is 2.97. The molecule has 1 atom stereocenters. The second kappa shape index (κ2) is 11.8. The Labute approximate surface area is 237 Å². The number of carbonyl (C=O) groups is 2. The van der Waals surface area contributed by atoms with Gasteiger partial charge in [0.2, 0.25) is 0 Å². The van der Waals surface area contributed by atoms with Crippen molar-refractivity contribution in [1.29, 1.82) is 0 Å². The summed E-state index contributed by atoms with van der Waals surface area (Å²) in [5, 5.41) is 6.04. The number of rotatable bonds is 8. The van der Waals surface area contributed by atoms with Crippen LogP contribution in [0.1, 0.15) is 15.9 Å². The summed E-state index contributed by atoms with van der Waals surface area (Å²) < 4.78 is 34.2. The van der Waals surface area contributed by atoms with Crippen LogP contribution in [0.25, 0.3) is 0 Å². The largest absolute Gasteiger partial charge is 0.476 e. The van der Waals surface area contributed by atoms with Crippen molar-refractivity contribution in [3.63, 3.8) is 0 Å². The number of hydrogen-bond acceptors (Lipinski definition) is 5. The molecule has 8 nitrogen and oxygen atoms in total. The number of nitrogens with zero attached hydrogens (tertiary/aromatic N) is 1. The lowest BCUT2D eigenvalue weighted by Crippen LogP contribution is -2.49. The molecule has 0 aliphatic carbocycles. The minimum Gasteiger partial charge on any atom is -0.476 e. The predicted octanol–water partition coefficient (Wildman–Crippen LogP) is 4.91. The zero-order valence-electron chi connectivity index (χ0n) is 21.3. The van der Waals surface area contributed by atoms with Gasteiger partial charge in [0.25, 0.3) is 21.8 Å². The minimum atomic E-state index is -4.04. The maximum atomic E-state index is 13.6. The summed E-state index contributed by atoms with van der Waals surface area (Å²) in [6.07, 6.45) is -0.514. The lowest BCUT2D eigenvalue weighted by molar-refractivity contribution is -0.122. The monoisotopic (exact) mass is 575 g/mol. The topological polar surface area (TPSA) is 105 Å². The molecule has 0 saturated heterocycles. The molecule has 0 aromatic heterocycles. The number of para-hydroxylation sites is 3. The van der Waals surface area contributed by atoms with Crippen molar-refractivity contribution < 1.29 is 22.7 Å². The lowest BCUT2D eigenvalue weighted by atomic mass is 10.1. The van der Waals surface area contributed by atoms with E-state index in [9.17, 15) is 18.0 Å². The van der Waals surface area contributed by atoms with Crippen LogP contribution in [0.4, 0.5) is 11.4 Å². The van der Waals surface area contributed by atoms with E-state index in [0.717, 1.165) is 9.87 Å². The van der Waals surface area contributed by atoms with Crippen molar-refractivity contribution in [2.24, 2.45) is 0 Å². The molecule has 1 aliphatic rings. The first-order chi connectivity index (χ1) is 19.3. The molecule has 10 heteroatoms. The summed E-state index contributed by atoms with van der Waals surface area (Å²) in [4.78, 5) is 26.4. The van der Waals surface area contributed by atoms with E-state index in [2.05, 4.69) is 10.6 Å². The van der Waals surface area contributed by atoms with Gasteiger partial charge >= 0.3 is 0 Å². The fourth-order valence-corrected chi connectivity index (χ4v) is 5.97. The Bertz CT molecular complexity index is 1630. The van der Waals surface area contributed by atoms with Crippen LogP contribution in [0.3, 0.4) is 0 Å². The molecule has 40 heavy (non-hydrogen) atoms. The van der Waals surface area contributed by atoms with Gasteiger partial charge < -0.3 is 15.4 Å². The number of fused-ring (bicyclic) bond motifs is 1. The van der Waals surface area contributed by atoms with E-state index in [1.807, 2.05) is 30.3 Å². The van der Waals surface area contributed by atoms with Crippen molar-refractivity contribution in [3.05, 3.63) is 119 Å². The van der Waals surface area contributed by atoms with E-state index >= 15 is 0 Å². The second-order valence-corrected chi connectivity index (χ2v) is 11.4. The van der Waals surface area contributed by atoms with Crippen molar-refractivity contribution in [3.8, 4) is 5.75 Å². The summed E-state index contributed by atoms with van der Waals surface area (Å²) in [5.74, 6) is -0.678. The number of hydrogen-bond donors (Lipinski definition) is 2. The Balaban J connectivity index is 1.33. The fraction of sp³-hybridized carbons (Fsp3) is 0.133. The van der Waals surface area contributed by atoms with E-state index in [1.165, 1.54) is 24.3 Å². The number of amides is 2. The van der Waals surface area contributed by atoms with Crippen LogP contribution in [0.5, 0.6) is 5.75 Å². The zero-order valence-corrected chi connectivity index (χ0v) is 22.9. The lowest BCUT2D eigenvalue weighted by Gasteiger charge is -2.34. The molecule has 2 N–H and O–H groups in total. The molecule has 1 aliphatic heterocycles. The molecule has 4 aromatic rings. The summed E-state index contributed by atoms with van der Waals surface area (Å²) in [5.41, 5.74) is 1.99. The van der Waals surface area contributed by atoms with E-state index in [4.69, 9.17) is 16.3 Å². The number of carbonyl (C=O) groups excluding carboxylic acids is 2. The SMILES string of the molecule is O=C(NCCc1ccccc1)c1ccccc1NC(=O)[C@@H]1CN(S(=O)(=O)c2ccc(Cl)cc2)c2ccccc2O1. The number of nitrogens with one attached hydrogen (secondary N) is 2.